The first kappa shape index (κ1) is 25.6. The SMILES string of the molecule is CCCN(CC(=O)N1CCN(c2ccccc2[N+](=O)[O-])CC1)C1CCN(C(=O)c2ccccc2)CC1. The van der Waals surface area contributed by atoms with Gasteiger partial charge in [0.1, 0.15) is 5.69 Å². The van der Waals surface area contributed by atoms with Gasteiger partial charge in [0.2, 0.25) is 5.91 Å². The number of nitro groups is 1. The van der Waals surface area contributed by atoms with E-state index in [9.17, 15) is 19.7 Å². The molecular formula is C27H35N5O4. The molecule has 2 fully saturated rings. The van der Waals surface area contributed by atoms with Gasteiger partial charge in [-0.3, -0.25) is 24.6 Å². The van der Waals surface area contributed by atoms with Gasteiger partial charge in [-0.25, -0.2) is 0 Å². The molecule has 9 nitrogen and oxygen atoms in total. The van der Waals surface area contributed by atoms with Crippen molar-refractivity contribution in [1.82, 2.24) is 14.7 Å². The molecule has 0 radical (unpaired) electrons. The number of piperazine rings is 1. The van der Waals surface area contributed by atoms with Crippen molar-refractivity contribution in [3.63, 3.8) is 0 Å². The van der Waals surface area contributed by atoms with Gasteiger partial charge in [0, 0.05) is 56.9 Å². The highest BCUT2D eigenvalue weighted by Crippen LogP contribution is 2.28. The number of amides is 2. The third-order valence-electron chi connectivity index (χ3n) is 7.19. The van der Waals surface area contributed by atoms with Gasteiger partial charge in [0.25, 0.3) is 11.6 Å². The monoisotopic (exact) mass is 493 g/mol. The van der Waals surface area contributed by atoms with Gasteiger partial charge in [-0.2, -0.15) is 0 Å². The van der Waals surface area contributed by atoms with Crippen molar-refractivity contribution in [3.8, 4) is 0 Å². The molecule has 0 atom stereocenters. The summed E-state index contributed by atoms with van der Waals surface area (Å²) in [6, 6.07) is 16.4. The third kappa shape index (κ3) is 6.02. The van der Waals surface area contributed by atoms with Gasteiger partial charge in [-0.05, 0) is 44.0 Å². The van der Waals surface area contributed by atoms with Crippen molar-refractivity contribution in [2.24, 2.45) is 0 Å². The molecule has 4 rings (SSSR count). The summed E-state index contributed by atoms with van der Waals surface area (Å²) in [5.74, 6) is 0.178. The number of benzene rings is 2. The highest BCUT2D eigenvalue weighted by molar-refractivity contribution is 5.94. The minimum Gasteiger partial charge on any atom is -0.362 e. The number of piperidine rings is 1. The Bertz CT molecular complexity index is 1050. The first-order valence-corrected chi connectivity index (χ1v) is 12.8. The number of nitro benzene ring substituents is 1. The van der Waals surface area contributed by atoms with E-state index < -0.39 is 0 Å². The summed E-state index contributed by atoms with van der Waals surface area (Å²) in [5, 5.41) is 11.4. The number of likely N-dealkylation sites (tertiary alicyclic amines) is 1. The van der Waals surface area contributed by atoms with Crippen LogP contribution < -0.4 is 4.90 Å². The van der Waals surface area contributed by atoms with Crippen molar-refractivity contribution in [3.05, 3.63) is 70.3 Å². The molecule has 2 aromatic carbocycles. The standard InChI is InChI=1S/C27H35N5O4/c1-2-14-31(23-12-15-30(16-13-23)27(34)22-8-4-3-5-9-22)21-26(33)29-19-17-28(18-20-29)24-10-6-7-11-25(24)32(35)36/h3-11,23H,2,12-21H2,1H3. The maximum absolute atomic E-state index is 13.2. The van der Waals surface area contributed by atoms with Crippen LogP contribution in [0.4, 0.5) is 11.4 Å². The second-order valence-corrected chi connectivity index (χ2v) is 9.47. The molecule has 2 aliphatic heterocycles. The maximum atomic E-state index is 13.2. The van der Waals surface area contributed by atoms with Gasteiger partial charge in [0.05, 0.1) is 11.5 Å². The van der Waals surface area contributed by atoms with Gasteiger partial charge in [-0.1, -0.05) is 37.3 Å². The fourth-order valence-corrected chi connectivity index (χ4v) is 5.23. The lowest BCUT2D eigenvalue weighted by molar-refractivity contribution is -0.384. The molecule has 36 heavy (non-hydrogen) atoms. The van der Waals surface area contributed by atoms with Crippen molar-refractivity contribution in [2.75, 3.05) is 57.3 Å². The Morgan fingerprint density at radius 3 is 2.19 bits per heavy atom. The second kappa shape index (κ2) is 12.0. The molecule has 0 bridgehead atoms. The molecule has 0 N–H and O–H groups in total. The smallest absolute Gasteiger partial charge is 0.292 e. The average Bonchev–Trinajstić information content (AvgIpc) is 2.93. The normalized spacial score (nSPS) is 16.9. The summed E-state index contributed by atoms with van der Waals surface area (Å²) in [7, 11) is 0. The maximum Gasteiger partial charge on any atom is 0.292 e. The highest BCUT2D eigenvalue weighted by Gasteiger charge is 2.30. The van der Waals surface area contributed by atoms with E-state index in [0.717, 1.165) is 31.4 Å². The molecule has 0 spiro atoms. The summed E-state index contributed by atoms with van der Waals surface area (Å²) in [6.45, 7) is 6.98. The van der Waals surface area contributed by atoms with Gasteiger partial charge < -0.3 is 14.7 Å². The fourth-order valence-electron chi connectivity index (χ4n) is 5.23. The average molecular weight is 494 g/mol. The Morgan fingerprint density at radius 1 is 0.917 bits per heavy atom. The zero-order valence-corrected chi connectivity index (χ0v) is 20.9. The molecule has 0 unspecified atom stereocenters. The molecule has 0 saturated carbocycles. The summed E-state index contributed by atoms with van der Waals surface area (Å²) >= 11 is 0. The zero-order valence-electron chi connectivity index (χ0n) is 20.9. The summed E-state index contributed by atoms with van der Waals surface area (Å²) in [6.07, 6.45) is 2.68. The van der Waals surface area contributed by atoms with Crippen LogP contribution in [0.1, 0.15) is 36.5 Å². The Morgan fingerprint density at radius 2 is 1.56 bits per heavy atom. The molecule has 192 valence electrons. The fraction of sp³-hybridized carbons (Fsp3) is 0.481. The van der Waals surface area contributed by atoms with Crippen LogP contribution in [0.25, 0.3) is 0 Å². The van der Waals surface area contributed by atoms with Crippen LogP contribution in [-0.2, 0) is 4.79 Å². The number of nitrogens with zero attached hydrogens (tertiary/aromatic N) is 5. The Kier molecular flexibility index (Phi) is 8.53. The van der Waals surface area contributed by atoms with Crippen LogP contribution >= 0.6 is 0 Å². The molecule has 2 aromatic rings. The number of carbonyl (C=O) groups excluding carboxylic acids is 2. The van der Waals surface area contributed by atoms with E-state index in [4.69, 9.17) is 0 Å². The molecule has 2 heterocycles. The van der Waals surface area contributed by atoms with Gasteiger partial charge in [-0.15, -0.1) is 0 Å². The summed E-state index contributed by atoms with van der Waals surface area (Å²) in [5.41, 5.74) is 1.43. The molecule has 9 heteroatoms. The lowest BCUT2D eigenvalue weighted by Gasteiger charge is -2.40. The van der Waals surface area contributed by atoms with E-state index in [-0.39, 0.29) is 28.5 Å². The van der Waals surface area contributed by atoms with Crippen molar-refractivity contribution in [2.45, 2.75) is 32.2 Å². The lowest BCUT2D eigenvalue weighted by Crippen LogP contribution is -2.54. The topological polar surface area (TPSA) is 90.2 Å². The zero-order chi connectivity index (χ0) is 25.5. The van der Waals surface area contributed by atoms with Crippen LogP contribution in [0, 0.1) is 10.1 Å². The molecule has 2 aliphatic rings. The Labute approximate surface area is 212 Å². The number of rotatable bonds is 8. The van der Waals surface area contributed by atoms with Crippen molar-refractivity contribution < 1.29 is 14.5 Å². The number of carbonyl (C=O) groups is 2. The molecule has 0 aliphatic carbocycles. The number of para-hydroxylation sites is 2. The molecular weight excluding hydrogens is 458 g/mol. The lowest BCUT2D eigenvalue weighted by atomic mass is 10.0. The summed E-state index contributed by atoms with van der Waals surface area (Å²) < 4.78 is 0. The predicted octanol–water partition coefficient (Wildman–Crippen LogP) is 3.26. The first-order chi connectivity index (χ1) is 17.5. The largest absolute Gasteiger partial charge is 0.362 e. The number of anilines is 1. The Hall–Kier alpha value is -3.46. The molecule has 0 aromatic heterocycles. The van der Waals surface area contributed by atoms with Crippen LogP contribution in [0.3, 0.4) is 0 Å². The van der Waals surface area contributed by atoms with Crippen molar-refractivity contribution >= 4 is 23.2 Å². The van der Waals surface area contributed by atoms with E-state index >= 15 is 0 Å². The molecule has 2 amide bonds. The quantitative estimate of drug-likeness (QED) is 0.414. The minimum atomic E-state index is -0.353. The molecule has 2 saturated heterocycles. The highest BCUT2D eigenvalue weighted by atomic mass is 16.6. The van der Waals surface area contributed by atoms with Crippen LogP contribution in [0.15, 0.2) is 54.6 Å². The van der Waals surface area contributed by atoms with Crippen LogP contribution in [0.5, 0.6) is 0 Å². The Balaban J connectivity index is 1.30. The van der Waals surface area contributed by atoms with E-state index in [1.165, 1.54) is 6.07 Å². The minimum absolute atomic E-state index is 0.0729. The predicted molar refractivity (Wildman–Crippen MR) is 139 cm³/mol. The number of hydrogen-bond donors (Lipinski definition) is 0. The third-order valence-corrected chi connectivity index (χ3v) is 7.19. The van der Waals surface area contributed by atoms with E-state index in [0.29, 0.717) is 51.5 Å². The second-order valence-electron chi connectivity index (χ2n) is 9.47. The number of hydrogen-bond acceptors (Lipinski definition) is 6. The van der Waals surface area contributed by atoms with Gasteiger partial charge in [0.15, 0.2) is 0 Å². The van der Waals surface area contributed by atoms with Crippen LogP contribution in [-0.4, -0.2) is 89.8 Å². The van der Waals surface area contributed by atoms with E-state index in [1.54, 1.807) is 18.2 Å². The van der Waals surface area contributed by atoms with Crippen molar-refractivity contribution in [1.29, 1.82) is 0 Å². The first-order valence-electron chi connectivity index (χ1n) is 12.8. The van der Waals surface area contributed by atoms with Crippen LogP contribution in [0.2, 0.25) is 0 Å². The van der Waals surface area contributed by atoms with E-state index in [1.807, 2.05) is 45.0 Å². The summed E-state index contributed by atoms with van der Waals surface area (Å²) in [4.78, 5) is 45.1. The van der Waals surface area contributed by atoms with E-state index in [2.05, 4.69) is 11.8 Å². The van der Waals surface area contributed by atoms with Gasteiger partial charge >= 0.3 is 0 Å².